The number of hydrogen-bond acceptors (Lipinski definition) is 6. The van der Waals surface area contributed by atoms with Crippen molar-refractivity contribution >= 4 is 23.4 Å². The lowest BCUT2D eigenvalue weighted by Gasteiger charge is -2.19. The molecular formula is C9H9N5O4. The Kier molecular flexibility index (Phi) is 3.04. The highest BCUT2D eigenvalue weighted by molar-refractivity contribution is 5.81. The molecule has 9 heteroatoms. The number of carboxylic acids is 2. The standard InChI is InChI=1S/C9H9N5O4/c15-6(16)3-14(4-7(17)18)8-9-12-11-5-13(9)2-1-10-8/h1-2,5H,3-4H2,(H,15,16)(H,17,18). The summed E-state index contributed by atoms with van der Waals surface area (Å²) in [6.07, 6.45) is 4.42. The van der Waals surface area contributed by atoms with Crippen molar-refractivity contribution in [1.29, 1.82) is 0 Å². The van der Waals surface area contributed by atoms with Gasteiger partial charge in [-0.15, -0.1) is 10.2 Å². The quantitative estimate of drug-likeness (QED) is 0.701. The van der Waals surface area contributed by atoms with Crippen LogP contribution < -0.4 is 4.90 Å². The lowest BCUT2D eigenvalue weighted by Crippen LogP contribution is -2.35. The van der Waals surface area contributed by atoms with E-state index in [-0.39, 0.29) is 5.82 Å². The van der Waals surface area contributed by atoms with Gasteiger partial charge in [-0.05, 0) is 0 Å². The first-order valence-electron chi connectivity index (χ1n) is 4.91. The van der Waals surface area contributed by atoms with Gasteiger partial charge in [-0.2, -0.15) is 0 Å². The highest BCUT2D eigenvalue weighted by Gasteiger charge is 2.19. The summed E-state index contributed by atoms with van der Waals surface area (Å²) in [6, 6.07) is 0. The van der Waals surface area contributed by atoms with Gasteiger partial charge in [-0.25, -0.2) is 4.98 Å². The van der Waals surface area contributed by atoms with Crippen LogP contribution in [0.1, 0.15) is 0 Å². The molecule has 18 heavy (non-hydrogen) atoms. The van der Waals surface area contributed by atoms with Crippen molar-refractivity contribution in [2.45, 2.75) is 0 Å². The Balaban J connectivity index is 2.42. The molecule has 9 nitrogen and oxygen atoms in total. The molecule has 0 spiro atoms. The van der Waals surface area contributed by atoms with Gasteiger partial charge in [0, 0.05) is 12.4 Å². The maximum absolute atomic E-state index is 10.7. The molecule has 2 N–H and O–H groups in total. The van der Waals surface area contributed by atoms with Gasteiger partial charge < -0.3 is 15.1 Å². The molecule has 0 radical (unpaired) electrons. The Labute approximate surface area is 100 Å². The first-order chi connectivity index (χ1) is 8.58. The summed E-state index contributed by atoms with van der Waals surface area (Å²) in [5.74, 6) is -2.14. The minimum Gasteiger partial charge on any atom is -0.480 e. The van der Waals surface area contributed by atoms with Crippen molar-refractivity contribution in [3.8, 4) is 0 Å². The number of anilines is 1. The average molecular weight is 251 g/mol. The number of fused-ring (bicyclic) bond motifs is 1. The van der Waals surface area contributed by atoms with Crippen LogP contribution in [0.4, 0.5) is 5.82 Å². The van der Waals surface area contributed by atoms with Gasteiger partial charge in [0.25, 0.3) is 0 Å². The maximum Gasteiger partial charge on any atom is 0.323 e. The molecule has 0 atom stereocenters. The van der Waals surface area contributed by atoms with Crippen LogP contribution in [0.25, 0.3) is 5.65 Å². The first kappa shape index (κ1) is 11.8. The van der Waals surface area contributed by atoms with E-state index in [4.69, 9.17) is 10.2 Å². The van der Waals surface area contributed by atoms with Gasteiger partial charge in [0.15, 0.2) is 5.82 Å². The molecule has 94 valence electrons. The summed E-state index contributed by atoms with van der Waals surface area (Å²) in [4.78, 5) is 26.5. The second-order valence-electron chi connectivity index (χ2n) is 3.46. The number of carboxylic acid groups (broad SMARTS) is 2. The van der Waals surface area contributed by atoms with Crippen molar-refractivity contribution in [3.63, 3.8) is 0 Å². The predicted molar refractivity (Wildman–Crippen MR) is 58.3 cm³/mol. The Bertz CT molecular complexity index is 579. The normalized spacial score (nSPS) is 10.4. The SMILES string of the molecule is O=C(O)CN(CC(=O)O)c1nccn2cnnc12. The molecule has 0 aliphatic heterocycles. The zero-order valence-corrected chi connectivity index (χ0v) is 9.09. The molecular weight excluding hydrogens is 242 g/mol. The third-order valence-electron chi connectivity index (χ3n) is 2.15. The highest BCUT2D eigenvalue weighted by Crippen LogP contribution is 2.15. The molecule has 0 bridgehead atoms. The highest BCUT2D eigenvalue weighted by atomic mass is 16.4. The van der Waals surface area contributed by atoms with E-state index in [0.717, 1.165) is 4.90 Å². The van der Waals surface area contributed by atoms with Gasteiger partial charge >= 0.3 is 11.9 Å². The fourth-order valence-corrected chi connectivity index (χ4v) is 1.50. The van der Waals surface area contributed by atoms with Gasteiger partial charge in [0.05, 0.1) is 0 Å². The van der Waals surface area contributed by atoms with Crippen LogP contribution in [0, 0.1) is 0 Å². The minimum atomic E-state index is -1.15. The number of aliphatic carboxylic acids is 2. The van der Waals surface area contributed by atoms with Gasteiger partial charge in [-0.1, -0.05) is 0 Å². The number of hydrogen-bond donors (Lipinski definition) is 2. The lowest BCUT2D eigenvalue weighted by atomic mass is 10.4. The van der Waals surface area contributed by atoms with Crippen molar-refractivity contribution in [2.75, 3.05) is 18.0 Å². The van der Waals surface area contributed by atoms with Crippen LogP contribution in [0.15, 0.2) is 18.7 Å². The molecule has 0 saturated carbocycles. The van der Waals surface area contributed by atoms with Crippen molar-refractivity contribution in [2.24, 2.45) is 0 Å². The molecule has 0 aromatic carbocycles. The molecule has 2 heterocycles. The Morgan fingerprint density at radius 2 is 1.94 bits per heavy atom. The molecule has 0 fully saturated rings. The molecule has 0 saturated heterocycles. The fourth-order valence-electron chi connectivity index (χ4n) is 1.50. The second-order valence-corrected chi connectivity index (χ2v) is 3.46. The van der Waals surface area contributed by atoms with Gasteiger partial charge in [0.2, 0.25) is 5.65 Å². The molecule has 0 unspecified atom stereocenters. The van der Waals surface area contributed by atoms with Gasteiger partial charge in [-0.3, -0.25) is 14.0 Å². The largest absolute Gasteiger partial charge is 0.480 e. The molecule has 2 rings (SSSR count). The van der Waals surface area contributed by atoms with Crippen LogP contribution in [0.3, 0.4) is 0 Å². The number of carbonyl (C=O) groups is 2. The molecule has 2 aromatic heterocycles. The first-order valence-corrected chi connectivity index (χ1v) is 4.91. The minimum absolute atomic E-state index is 0.166. The summed E-state index contributed by atoms with van der Waals surface area (Å²) >= 11 is 0. The van der Waals surface area contributed by atoms with E-state index >= 15 is 0 Å². The summed E-state index contributed by atoms with van der Waals surface area (Å²) < 4.78 is 1.53. The Morgan fingerprint density at radius 3 is 2.56 bits per heavy atom. The third kappa shape index (κ3) is 2.34. The van der Waals surface area contributed by atoms with E-state index < -0.39 is 25.0 Å². The van der Waals surface area contributed by atoms with E-state index in [0.29, 0.717) is 5.65 Å². The summed E-state index contributed by atoms with van der Waals surface area (Å²) in [6.45, 7) is -0.961. The summed E-state index contributed by atoms with van der Waals surface area (Å²) in [7, 11) is 0. The van der Waals surface area contributed by atoms with Crippen LogP contribution in [0.2, 0.25) is 0 Å². The van der Waals surface area contributed by atoms with Gasteiger partial charge in [0.1, 0.15) is 19.4 Å². The van der Waals surface area contributed by atoms with Crippen molar-refractivity contribution in [3.05, 3.63) is 18.7 Å². The monoisotopic (exact) mass is 251 g/mol. The third-order valence-corrected chi connectivity index (χ3v) is 2.15. The van der Waals surface area contributed by atoms with Crippen molar-refractivity contribution < 1.29 is 19.8 Å². The lowest BCUT2D eigenvalue weighted by molar-refractivity contribution is -0.136. The topological polar surface area (TPSA) is 121 Å². The summed E-state index contributed by atoms with van der Waals surface area (Å²) in [5.41, 5.74) is 0.306. The number of nitrogens with zero attached hydrogens (tertiary/aromatic N) is 5. The van der Waals surface area contributed by atoms with E-state index in [1.807, 2.05) is 0 Å². The van der Waals surface area contributed by atoms with Crippen LogP contribution in [-0.2, 0) is 9.59 Å². The maximum atomic E-state index is 10.7. The second kappa shape index (κ2) is 4.65. The average Bonchev–Trinajstić information content (AvgIpc) is 2.74. The van der Waals surface area contributed by atoms with Crippen LogP contribution >= 0.6 is 0 Å². The van der Waals surface area contributed by atoms with E-state index in [9.17, 15) is 9.59 Å². The zero-order valence-electron chi connectivity index (χ0n) is 9.09. The smallest absolute Gasteiger partial charge is 0.323 e. The van der Waals surface area contributed by atoms with E-state index in [1.165, 1.54) is 16.9 Å². The molecule has 0 amide bonds. The predicted octanol–water partition coefficient (Wildman–Crippen LogP) is -0.900. The van der Waals surface area contributed by atoms with Crippen LogP contribution in [0.5, 0.6) is 0 Å². The summed E-state index contributed by atoms with van der Waals surface area (Å²) in [5, 5.41) is 25.0. The van der Waals surface area contributed by atoms with E-state index in [1.54, 1.807) is 6.20 Å². The Hall–Kier alpha value is -2.71. The molecule has 0 aliphatic carbocycles. The number of rotatable bonds is 5. The molecule has 0 aliphatic rings. The fraction of sp³-hybridized carbons (Fsp3) is 0.222. The Morgan fingerprint density at radius 1 is 1.28 bits per heavy atom. The van der Waals surface area contributed by atoms with Crippen molar-refractivity contribution in [1.82, 2.24) is 19.6 Å². The number of aromatic nitrogens is 4. The van der Waals surface area contributed by atoms with Crippen LogP contribution in [-0.4, -0.2) is 54.8 Å². The zero-order chi connectivity index (χ0) is 13.1. The van der Waals surface area contributed by atoms with E-state index in [2.05, 4.69) is 15.2 Å². The molecule has 2 aromatic rings.